The van der Waals surface area contributed by atoms with Gasteiger partial charge in [-0.1, -0.05) is 0 Å². The van der Waals surface area contributed by atoms with Crippen molar-refractivity contribution in [2.45, 2.75) is 59.3 Å². The van der Waals surface area contributed by atoms with Crippen LogP contribution in [0.5, 0.6) is 0 Å². The monoisotopic (exact) mass is 384 g/mol. The number of rotatable bonds is 5. The zero-order valence-electron chi connectivity index (χ0n) is 16.8. The summed E-state index contributed by atoms with van der Waals surface area (Å²) in [6.45, 7) is 10.8. The first-order valence-electron chi connectivity index (χ1n) is 8.43. The summed E-state index contributed by atoms with van der Waals surface area (Å²) in [4.78, 5) is 35.7. The van der Waals surface area contributed by atoms with Crippen LogP contribution in [0.3, 0.4) is 0 Å². The normalized spacial score (nSPS) is 11.5. The summed E-state index contributed by atoms with van der Waals surface area (Å²) in [7, 11) is 1.22. The molecule has 2 N–H and O–H groups in total. The largest absolute Gasteiger partial charge is 0.464 e. The Balaban J connectivity index is 2.81. The topological polar surface area (TPSA) is 121 Å². The first kappa shape index (κ1) is 22.3. The lowest BCUT2D eigenvalue weighted by Crippen LogP contribution is -2.34. The molecular weight excluding hydrogens is 356 g/mol. The van der Waals surface area contributed by atoms with Gasteiger partial charge in [0.15, 0.2) is 5.69 Å². The number of methoxy groups -OCH3 is 1. The molecule has 0 spiro atoms. The van der Waals surface area contributed by atoms with E-state index in [0.717, 1.165) is 0 Å². The van der Waals surface area contributed by atoms with E-state index in [4.69, 9.17) is 14.2 Å². The van der Waals surface area contributed by atoms with E-state index in [2.05, 4.69) is 15.7 Å². The van der Waals surface area contributed by atoms with E-state index in [-0.39, 0.29) is 24.5 Å². The Labute approximate surface area is 158 Å². The van der Waals surface area contributed by atoms with Crippen LogP contribution < -0.4 is 10.6 Å². The van der Waals surface area contributed by atoms with Gasteiger partial charge in [0.25, 0.3) is 0 Å². The van der Waals surface area contributed by atoms with Gasteiger partial charge in [0.1, 0.15) is 11.2 Å². The van der Waals surface area contributed by atoms with Crippen molar-refractivity contribution in [3.05, 3.63) is 11.9 Å². The maximum atomic E-state index is 12.1. The maximum absolute atomic E-state index is 12.1. The second-order valence-electron chi connectivity index (χ2n) is 7.68. The zero-order valence-corrected chi connectivity index (χ0v) is 16.8. The molecule has 27 heavy (non-hydrogen) atoms. The van der Waals surface area contributed by atoms with Gasteiger partial charge in [-0.25, -0.2) is 14.4 Å². The summed E-state index contributed by atoms with van der Waals surface area (Å²) in [5.74, 6) is -0.684. The molecule has 0 aliphatic heterocycles. The highest BCUT2D eigenvalue weighted by Gasteiger charge is 2.23. The van der Waals surface area contributed by atoms with E-state index in [9.17, 15) is 14.4 Å². The van der Waals surface area contributed by atoms with Crippen molar-refractivity contribution >= 4 is 23.8 Å². The summed E-state index contributed by atoms with van der Waals surface area (Å²) >= 11 is 0. The number of amides is 2. The molecular formula is C17H28N4O6. The highest BCUT2D eigenvalue weighted by Crippen LogP contribution is 2.18. The standard InChI is InChI=1S/C17H28N4O6/c1-16(2,3)26-14(23)18-8-9-21-12(13(22)25-7)11(10-19-21)20-15(24)27-17(4,5)6/h10H,8-9H2,1-7H3,(H,18,23)(H,20,24). The maximum Gasteiger partial charge on any atom is 0.412 e. The van der Waals surface area contributed by atoms with Crippen LogP contribution in [0.2, 0.25) is 0 Å². The molecule has 2 amide bonds. The van der Waals surface area contributed by atoms with Crippen molar-refractivity contribution in [2.24, 2.45) is 0 Å². The molecule has 0 fully saturated rings. The van der Waals surface area contributed by atoms with Crippen molar-refractivity contribution in [3.8, 4) is 0 Å². The number of nitrogens with one attached hydrogen (secondary N) is 2. The summed E-state index contributed by atoms with van der Waals surface area (Å²) in [6.07, 6.45) is 0.00405. The predicted molar refractivity (Wildman–Crippen MR) is 97.7 cm³/mol. The molecule has 0 unspecified atom stereocenters. The number of alkyl carbamates (subject to hydrolysis) is 1. The van der Waals surface area contributed by atoms with Gasteiger partial charge < -0.3 is 19.5 Å². The van der Waals surface area contributed by atoms with Crippen LogP contribution in [0.4, 0.5) is 15.3 Å². The first-order valence-corrected chi connectivity index (χ1v) is 8.43. The van der Waals surface area contributed by atoms with Crippen molar-refractivity contribution in [3.63, 3.8) is 0 Å². The van der Waals surface area contributed by atoms with Crippen LogP contribution in [0.25, 0.3) is 0 Å². The highest BCUT2D eigenvalue weighted by molar-refractivity contribution is 5.98. The van der Waals surface area contributed by atoms with E-state index < -0.39 is 29.4 Å². The fraction of sp³-hybridized carbons (Fsp3) is 0.647. The number of hydrogen-bond acceptors (Lipinski definition) is 7. The third-order valence-corrected chi connectivity index (χ3v) is 2.85. The summed E-state index contributed by atoms with van der Waals surface area (Å²) < 4.78 is 16.4. The molecule has 1 aromatic heterocycles. The fourth-order valence-electron chi connectivity index (χ4n) is 1.95. The molecule has 0 saturated carbocycles. The van der Waals surface area contributed by atoms with Gasteiger partial charge in [0, 0.05) is 6.54 Å². The molecule has 0 aromatic carbocycles. The number of ether oxygens (including phenoxy) is 3. The Morgan fingerprint density at radius 3 is 2.11 bits per heavy atom. The second-order valence-corrected chi connectivity index (χ2v) is 7.68. The number of esters is 1. The lowest BCUT2D eigenvalue weighted by Gasteiger charge is -2.20. The van der Waals surface area contributed by atoms with Gasteiger partial charge in [-0.05, 0) is 41.5 Å². The van der Waals surface area contributed by atoms with Crippen LogP contribution in [-0.4, -0.2) is 52.8 Å². The molecule has 1 rings (SSSR count). The Morgan fingerprint density at radius 2 is 1.59 bits per heavy atom. The van der Waals surface area contributed by atoms with E-state index in [1.807, 2.05) is 0 Å². The summed E-state index contributed by atoms with van der Waals surface area (Å²) in [6, 6.07) is 0. The second kappa shape index (κ2) is 8.74. The number of anilines is 1. The van der Waals surface area contributed by atoms with Crippen LogP contribution >= 0.6 is 0 Å². The smallest absolute Gasteiger partial charge is 0.412 e. The number of aromatic nitrogens is 2. The van der Waals surface area contributed by atoms with E-state index in [1.54, 1.807) is 41.5 Å². The molecule has 1 heterocycles. The fourth-order valence-corrected chi connectivity index (χ4v) is 1.95. The zero-order chi connectivity index (χ0) is 20.8. The van der Waals surface area contributed by atoms with Crippen molar-refractivity contribution in [1.82, 2.24) is 15.1 Å². The average Bonchev–Trinajstić information content (AvgIpc) is 2.85. The van der Waals surface area contributed by atoms with Gasteiger partial charge in [-0.2, -0.15) is 5.10 Å². The SMILES string of the molecule is COC(=O)c1c(NC(=O)OC(C)(C)C)cnn1CCNC(=O)OC(C)(C)C. The highest BCUT2D eigenvalue weighted by atomic mass is 16.6. The van der Waals surface area contributed by atoms with Crippen molar-refractivity contribution in [2.75, 3.05) is 19.0 Å². The van der Waals surface area contributed by atoms with E-state index in [0.29, 0.717) is 0 Å². The third kappa shape index (κ3) is 7.97. The van der Waals surface area contributed by atoms with Crippen LogP contribution in [0.15, 0.2) is 6.20 Å². The molecule has 10 heteroatoms. The molecule has 10 nitrogen and oxygen atoms in total. The molecule has 152 valence electrons. The molecule has 0 aliphatic rings. The van der Waals surface area contributed by atoms with Gasteiger partial charge in [-0.3, -0.25) is 10.00 Å². The molecule has 0 saturated heterocycles. The van der Waals surface area contributed by atoms with Gasteiger partial charge in [0.05, 0.1) is 25.5 Å². The Kier molecular flexibility index (Phi) is 7.21. The van der Waals surface area contributed by atoms with Gasteiger partial charge >= 0.3 is 18.2 Å². The minimum atomic E-state index is -0.723. The number of carbonyl (C=O) groups excluding carboxylic acids is 3. The molecule has 0 bridgehead atoms. The Hall–Kier alpha value is -2.78. The van der Waals surface area contributed by atoms with E-state index >= 15 is 0 Å². The number of hydrogen-bond donors (Lipinski definition) is 2. The quantitative estimate of drug-likeness (QED) is 0.591. The van der Waals surface area contributed by atoms with Crippen molar-refractivity contribution in [1.29, 1.82) is 0 Å². The van der Waals surface area contributed by atoms with Crippen molar-refractivity contribution < 1.29 is 28.6 Å². The lowest BCUT2D eigenvalue weighted by molar-refractivity contribution is 0.0524. The minimum Gasteiger partial charge on any atom is -0.464 e. The molecule has 0 atom stereocenters. The summed E-state index contributed by atoms with van der Waals surface area (Å²) in [5, 5.41) is 9.10. The lowest BCUT2D eigenvalue weighted by atomic mass is 10.2. The average molecular weight is 384 g/mol. The molecule has 1 aromatic rings. The number of nitrogens with zero attached hydrogens (tertiary/aromatic N) is 2. The predicted octanol–water partition coefficient (Wildman–Crippen LogP) is 2.54. The minimum absolute atomic E-state index is 0.0364. The Bertz CT molecular complexity index is 685. The third-order valence-electron chi connectivity index (χ3n) is 2.85. The van der Waals surface area contributed by atoms with Crippen LogP contribution in [0.1, 0.15) is 52.0 Å². The number of carbonyl (C=O) groups is 3. The van der Waals surface area contributed by atoms with Gasteiger partial charge in [0.2, 0.25) is 0 Å². The molecule has 0 aliphatic carbocycles. The Morgan fingerprint density at radius 1 is 1.04 bits per heavy atom. The van der Waals surface area contributed by atoms with Crippen LogP contribution in [0, 0.1) is 0 Å². The van der Waals surface area contributed by atoms with Crippen LogP contribution in [-0.2, 0) is 20.8 Å². The van der Waals surface area contributed by atoms with Gasteiger partial charge in [-0.15, -0.1) is 0 Å². The molecule has 0 radical (unpaired) electrons. The van der Waals surface area contributed by atoms with E-state index in [1.165, 1.54) is 18.0 Å². The first-order chi connectivity index (χ1) is 12.3. The summed E-state index contributed by atoms with van der Waals surface area (Å²) in [5.41, 5.74) is -1.12.